The van der Waals surface area contributed by atoms with E-state index in [-0.39, 0.29) is 9.79 Å². The zero-order valence-corrected chi connectivity index (χ0v) is 21.7. The van der Waals surface area contributed by atoms with Gasteiger partial charge < -0.3 is 0 Å². The van der Waals surface area contributed by atoms with Crippen molar-refractivity contribution in [2.24, 2.45) is 0 Å². The second-order valence-corrected chi connectivity index (χ2v) is 12.7. The number of hydrogen-bond acceptors (Lipinski definition) is 4. The van der Waals surface area contributed by atoms with Gasteiger partial charge in [0.05, 0.1) is 15.2 Å². The quantitative estimate of drug-likeness (QED) is 0.194. The van der Waals surface area contributed by atoms with E-state index in [0.717, 1.165) is 43.2 Å². The molecule has 0 saturated carbocycles. The smallest absolute Gasteiger partial charge is 0.222 e. The van der Waals surface area contributed by atoms with E-state index in [0.29, 0.717) is 12.8 Å². The van der Waals surface area contributed by atoms with Gasteiger partial charge in [-0.25, -0.2) is 16.8 Å². The zero-order chi connectivity index (χ0) is 24.5. The van der Waals surface area contributed by atoms with Crippen molar-refractivity contribution in [1.29, 1.82) is 0 Å². The maximum Gasteiger partial charge on any atom is 0.241 e. The van der Waals surface area contributed by atoms with Crippen molar-refractivity contribution in [2.45, 2.75) is 79.3 Å². The Morgan fingerprint density at radius 2 is 1.30 bits per heavy atom. The predicted octanol–water partition coefficient (Wildman–Crippen LogP) is 5.91. The summed E-state index contributed by atoms with van der Waals surface area (Å²) in [5.41, 5.74) is 1.81. The van der Waals surface area contributed by atoms with E-state index in [1.165, 1.54) is 24.3 Å². The van der Waals surface area contributed by atoms with E-state index < -0.39 is 30.6 Å². The lowest BCUT2D eigenvalue weighted by molar-refractivity contribution is 0.526. The molecule has 182 valence electrons. The van der Waals surface area contributed by atoms with E-state index in [4.69, 9.17) is 11.6 Å². The first kappa shape index (κ1) is 27.6. The van der Waals surface area contributed by atoms with Crippen LogP contribution in [-0.4, -0.2) is 27.6 Å². The van der Waals surface area contributed by atoms with Gasteiger partial charge in [0.1, 0.15) is 5.37 Å². The van der Waals surface area contributed by atoms with E-state index in [2.05, 4.69) is 11.3 Å². The minimum atomic E-state index is -4.09. The summed E-state index contributed by atoms with van der Waals surface area (Å²) in [6.07, 6.45) is 8.05. The van der Waals surface area contributed by atoms with Crippen molar-refractivity contribution in [2.75, 3.05) is 0 Å². The van der Waals surface area contributed by atoms with Gasteiger partial charge in [-0.2, -0.15) is 4.72 Å². The van der Waals surface area contributed by atoms with E-state index in [9.17, 15) is 16.8 Å². The van der Waals surface area contributed by atoms with Crippen LogP contribution in [0.15, 0.2) is 71.0 Å². The lowest BCUT2D eigenvalue weighted by Crippen LogP contribution is -2.46. The lowest BCUT2D eigenvalue weighted by atomic mass is 10.1. The molecule has 1 N–H and O–H groups in total. The molecule has 0 saturated heterocycles. The fourth-order valence-electron chi connectivity index (χ4n) is 3.45. The van der Waals surface area contributed by atoms with Crippen molar-refractivity contribution in [3.05, 3.63) is 72.3 Å². The normalized spacial score (nSPS) is 14.0. The summed E-state index contributed by atoms with van der Waals surface area (Å²) in [7, 11) is -8.14. The topological polar surface area (TPSA) is 80.3 Å². The number of unbranched alkanes of at least 4 members (excludes halogenated alkanes) is 5. The fourth-order valence-corrected chi connectivity index (χ4v) is 7.47. The molecule has 33 heavy (non-hydrogen) atoms. The van der Waals surface area contributed by atoms with Gasteiger partial charge in [0, 0.05) is 0 Å². The number of alkyl halides is 1. The summed E-state index contributed by atoms with van der Waals surface area (Å²) in [6, 6.07) is 12.6. The summed E-state index contributed by atoms with van der Waals surface area (Å²) in [5.74, 6) is 0. The molecule has 0 radical (unpaired) electrons. The maximum atomic E-state index is 13.4. The largest absolute Gasteiger partial charge is 0.241 e. The minimum absolute atomic E-state index is 0.00305. The van der Waals surface area contributed by atoms with E-state index in [1.807, 2.05) is 19.9 Å². The standard InChI is InChI=1S/C25H34ClNO4S2/c1-4-5-6-7-8-9-10-11-24(26)25(32(28,29)22-16-12-20(2)13-17-22)27-33(30,31)23-18-14-21(3)15-19-23/h4,12-19,24-25,27H,1,5-11H2,2-3H3/t24-,25-/m1/s1. The van der Waals surface area contributed by atoms with Gasteiger partial charge in [0.15, 0.2) is 9.84 Å². The molecule has 0 aromatic heterocycles. The van der Waals surface area contributed by atoms with Crippen LogP contribution in [0, 0.1) is 13.8 Å². The number of rotatable bonds is 14. The highest BCUT2D eigenvalue weighted by atomic mass is 35.5. The number of benzene rings is 2. The van der Waals surface area contributed by atoms with Crippen LogP contribution in [0.3, 0.4) is 0 Å². The molecule has 0 spiro atoms. The first-order valence-corrected chi connectivity index (χ1v) is 14.7. The summed E-state index contributed by atoms with van der Waals surface area (Å²) in [5, 5.41) is -2.39. The van der Waals surface area contributed by atoms with Gasteiger partial charge in [-0.3, -0.25) is 0 Å². The number of aryl methyl sites for hydroxylation is 2. The van der Waals surface area contributed by atoms with Crippen molar-refractivity contribution < 1.29 is 16.8 Å². The minimum Gasteiger partial charge on any atom is -0.222 e. The Bertz CT molecular complexity index is 1100. The maximum absolute atomic E-state index is 13.4. The molecule has 0 unspecified atom stereocenters. The van der Waals surface area contributed by atoms with Crippen LogP contribution in [0.5, 0.6) is 0 Å². The predicted molar refractivity (Wildman–Crippen MR) is 136 cm³/mol. The Labute approximate surface area is 204 Å². The van der Waals surface area contributed by atoms with Crippen molar-refractivity contribution in [1.82, 2.24) is 4.72 Å². The molecule has 0 amide bonds. The molecular formula is C25H34ClNO4S2. The average molecular weight is 512 g/mol. The van der Waals surface area contributed by atoms with Crippen molar-refractivity contribution >= 4 is 31.5 Å². The Morgan fingerprint density at radius 1 is 0.818 bits per heavy atom. The average Bonchev–Trinajstić information content (AvgIpc) is 2.77. The molecule has 0 aliphatic heterocycles. The zero-order valence-electron chi connectivity index (χ0n) is 19.3. The van der Waals surface area contributed by atoms with Gasteiger partial charge in [0.25, 0.3) is 0 Å². The molecule has 2 aromatic carbocycles. The third-order valence-corrected chi connectivity index (χ3v) is 9.77. The Hall–Kier alpha value is -1.67. The molecular weight excluding hydrogens is 478 g/mol. The number of halogens is 1. The summed E-state index contributed by atoms with van der Waals surface area (Å²) in [4.78, 5) is 0.0445. The lowest BCUT2D eigenvalue weighted by Gasteiger charge is -2.24. The first-order valence-electron chi connectivity index (χ1n) is 11.2. The molecule has 5 nitrogen and oxygen atoms in total. The van der Waals surface area contributed by atoms with Crippen LogP contribution < -0.4 is 4.72 Å². The Morgan fingerprint density at radius 3 is 1.85 bits per heavy atom. The second kappa shape index (κ2) is 12.7. The van der Waals surface area contributed by atoms with Crippen LogP contribution in [0.2, 0.25) is 0 Å². The molecule has 2 rings (SSSR count). The molecule has 0 heterocycles. The fraction of sp³-hybridized carbons (Fsp3) is 0.440. The highest BCUT2D eigenvalue weighted by molar-refractivity contribution is 7.94. The van der Waals surface area contributed by atoms with Crippen LogP contribution in [0.25, 0.3) is 0 Å². The molecule has 2 aromatic rings. The van der Waals surface area contributed by atoms with Gasteiger partial charge in [0.2, 0.25) is 10.0 Å². The second-order valence-electron chi connectivity index (χ2n) is 8.36. The van der Waals surface area contributed by atoms with Gasteiger partial charge in [-0.1, -0.05) is 67.2 Å². The number of sulfone groups is 1. The van der Waals surface area contributed by atoms with Crippen LogP contribution in [-0.2, 0) is 19.9 Å². The Kier molecular flexibility index (Phi) is 10.6. The van der Waals surface area contributed by atoms with Crippen LogP contribution in [0.1, 0.15) is 56.1 Å². The van der Waals surface area contributed by atoms with Gasteiger partial charge in [-0.15, -0.1) is 18.2 Å². The molecule has 8 heteroatoms. The SMILES string of the molecule is C=CCCCCCCC[C@@H](Cl)[C@H](NS(=O)(=O)c1ccc(C)cc1)S(=O)(=O)c1ccc(C)cc1. The first-order chi connectivity index (χ1) is 15.6. The van der Waals surface area contributed by atoms with E-state index >= 15 is 0 Å². The third-order valence-electron chi connectivity index (χ3n) is 5.50. The number of hydrogen-bond donors (Lipinski definition) is 1. The van der Waals surface area contributed by atoms with Crippen molar-refractivity contribution in [3.63, 3.8) is 0 Å². The highest BCUT2D eigenvalue weighted by Gasteiger charge is 2.37. The summed E-state index contributed by atoms with van der Waals surface area (Å²) >= 11 is 6.57. The summed E-state index contributed by atoms with van der Waals surface area (Å²) < 4.78 is 55.3. The molecule has 0 fully saturated rings. The number of allylic oxidation sites excluding steroid dienone is 1. The number of sulfonamides is 1. The monoisotopic (exact) mass is 511 g/mol. The Balaban J connectivity index is 2.23. The molecule has 0 bridgehead atoms. The summed E-state index contributed by atoms with van der Waals surface area (Å²) in [6.45, 7) is 7.42. The van der Waals surface area contributed by atoms with Crippen molar-refractivity contribution in [3.8, 4) is 0 Å². The molecule has 0 aliphatic carbocycles. The van der Waals surface area contributed by atoms with Gasteiger partial charge in [-0.05, 0) is 57.4 Å². The van der Waals surface area contributed by atoms with Crippen LogP contribution >= 0.6 is 11.6 Å². The van der Waals surface area contributed by atoms with Gasteiger partial charge >= 0.3 is 0 Å². The highest BCUT2D eigenvalue weighted by Crippen LogP contribution is 2.26. The van der Waals surface area contributed by atoms with Crippen LogP contribution in [0.4, 0.5) is 0 Å². The third kappa shape index (κ3) is 8.25. The number of nitrogens with one attached hydrogen (secondary N) is 1. The molecule has 0 aliphatic rings. The molecule has 2 atom stereocenters. The van der Waals surface area contributed by atoms with E-state index in [1.54, 1.807) is 24.3 Å².